The Hall–Kier alpha value is -1.94. The van der Waals surface area contributed by atoms with E-state index in [2.05, 4.69) is 50.2 Å². The van der Waals surface area contributed by atoms with Crippen molar-refractivity contribution in [1.82, 2.24) is 9.97 Å². The van der Waals surface area contributed by atoms with E-state index in [4.69, 9.17) is 4.74 Å². The first-order valence-corrected chi connectivity index (χ1v) is 8.56. The summed E-state index contributed by atoms with van der Waals surface area (Å²) in [5.41, 5.74) is 3.59. The van der Waals surface area contributed by atoms with E-state index in [-0.39, 0.29) is 5.92 Å². The van der Waals surface area contributed by atoms with Gasteiger partial charge in [0.1, 0.15) is 5.75 Å². The Balaban J connectivity index is 1.83. The molecule has 114 valence electrons. The highest BCUT2D eigenvalue weighted by atomic mass is 79.9. The van der Waals surface area contributed by atoms with Crippen molar-refractivity contribution in [1.29, 1.82) is 0 Å². The lowest BCUT2D eigenvalue weighted by atomic mass is 9.92. The van der Waals surface area contributed by atoms with Crippen molar-refractivity contribution in [3.63, 3.8) is 0 Å². The molecule has 0 amide bonds. The molecule has 2 aromatic heterocycles. The Labute approximate surface area is 138 Å². The number of aromatic nitrogens is 2. The molecule has 0 bridgehead atoms. The molecule has 0 saturated heterocycles. The summed E-state index contributed by atoms with van der Waals surface area (Å²) >= 11 is 3.41. The zero-order valence-corrected chi connectivity index (χ0v) is 13.8. The number of H-pyrrole nitrogens is 2. The monoisotopic (exact) mass is 358 g/mol. The van der Waals surface area contributed by atoms with E-state index in [1.54, 1.807) is 0 Å². The van der Waals surface area contributed by atoms with Crippen LogP contribution in [0, 0.1) is 0 Å². The third kappa shape index (κ3) is 3.45. The molecule has 3 aromatic rings. The lowest BCUT2D eigenvalue weighted by molar-refractivity contribution is 0.319. The van der Waals surface area contributed by atoms with Gasteiger partial charge in [-0.05, 0) is 48.4 Å². The molecule has 3 nitrogen and oxygen atoms in total. The van der Waals surface area contributed by atoms with Crippen LogP contribution in [0.3, 0.4) is 0 Å². The number of halogens is 1. The summed E-state index contributed by atoms with van der Waals surface area (Å²) in [6.45, 7) is 0.737. The first-order chi connectivity index (χ1) is 10.9. The second kappa shape index (κ2) is 7.36. The van der Waals surface area contributed by atoms with Gasteiger partial charge in [-0.1, -0.05) is 28.1 Å². The maximum Gasteiger partial charge on any atom is 0.119 e. The highest BCUT2D eigenvalue weighted by Gasteiger charge is 2.18. The van der Waals surface area contributed by atoms with Crippen LogP contribution in [0.2, 0.25) is 0 Å². The van der Waals surface area contributed by atoms with E-state index < -0.39 is 0 Å². The van der Waals surface area contributed by atoms with Crippen LogP contribution in [-0.4, -0.2) is 21.9 Å². The molecule has 3 rings (SSSR count). The SMILES string of the molecule is BrCCCOc1ccc(C(c2ccc[nH]2)c2ccc[nH]2)cc1. The molecule has 4 heteroatoms. The van der Waals surface area contributed by atoms with Crippen LogP contribution in [0.1, 0.15) is 29.3 Å². The Morgan fingerprint density at radius 1 is 0.909 bits per heavy atom. The fraction of sp³-hybridized carbons (Fsp3) is 0.222. The van der Waals surface area contributed by atoms with Crippen LogP contribution < -0.4 is 4.74 Å². The molecule has 2 N–H and O–H groups in total. The molecular weight excluding hydrogens is 340 g/mol. The van der Waals surface area contributed by atoms with Crippen LogP contribution in [-0.2, 0) is 0 Å². The summed E-state index contributed by atoms with van der Waals surface area (Å²) < 4.78 is 5.72. The van der Waals surface area contributed by atoms with Gasteiger partial charge in [-0.15, -0.1) is 0 Å². The fourth-order valence-electron chi connectivity index (χ4n) is 2.58. The molecule has 22 heavy (non-hydrogen) atoms. The van der Waals surface area contributed by atoms with Gasteiger partial charge in [0.15, 0.2) is 0 Å². The fourth-order valence-corrected chi connectivity index (χ4v) is 2.80. The topological polar surface area (TPSA) is 40.8 Å². The second-order valence-corrected chi connectivity index (χ2v) is 5.94. The van der Waals surface area contributed by atoms with Crippen LogP contribution in [0.15, 0.2) is 60.9 Å². The van der Waals surface area contributed by atoms with Gasteiger partial charge < -0.3 is 14.7 Å². The van der Waals surface area contributed by atoms with Gasteiger partial charge in [-0.25, -0.2) is 0 Å². The minimum atomic E-state index is 0.182. The molecule has 0 atom stereocenters. The number of ether oxygens (including phenoxy) is 1. The molecule has 2 heterocycles. The van der Waals surface area contributed by atoms with E-state index in [1.165, 1.54) is 17.0 Å². The molecule has 0 spiro atoms. The molecule has 0 saturated carbocycles. The standard InChI is InChI=1S/C18H19BrN2O/c19-10-3-13-22-15-8-6-14(7-9-15)18(16-4-1-11-20-16)17-5-2-12-21-17/h1-2,4-9,11-12,18,20-21H,3,10,13H2. The number of hydrogen-bond donors (Lipinski definition) is 2. The Kier molecular flexibility index (Phi) is 5.01. The van der Waals surface area contributed by atoms with E-state index in [0.717, 1.165) is 24.1 Å². The van der Waals surface area contributed by atoms with Crippen molar-refractivity contribution in [3.05, 3.63) is 77.9 Å². The molecule has 0 aliphatic rings. The van der Waals surface area contributed by atoms with Gasteiger partial charge in [-0.2, -0.15) is 0 Å². The predicted octanol–water partition coefficient (Wildman–Crippen LogP) is 4.69. The van der Waals surface area contributed by atoms with Crippen molar-refractivity contribution in [3.8, 4) is 5.75 Å². The maximum atomic E-state index is 5.72. The molecule has 0 aliphatic carbocycles. The molecule has 0 fully saturated rings. The van der Waals surface area contributed by atoms with Crippen LogP contribution in [0.4, 0.5) is 0 Å². The normalized spacial score (nSPS) is 11.0. The van der Waals surface area contributed by atoms with Gasteiger partial charge >= 0.3 is 0 Å². The number of alkyl halides is 1. The maximum absolute atomic E-state index is 5.72. The summed E-state index contributed by atoms with van der Waals surface area (Å²) in [5, 5.41) is 0.965. The summed E-state index contributed by atoms with van der Waals surface area (Å²) in [5.74, 6) is 1.10. The highest BCUT2D eigenvalue weighted by molar-refractivity contribution is 9.09. The summed E-state index contributed by atoms with van der Waals surface area (Å²) in [4.78, 5) is 6.65. The second-order valence-electron chi connectivity index (χ2n) is 5.14. The molecule has 0 aliphatic heterocycles. The minimum absolute atomic E-state index is 0.182. The number of rotatable bonds is 7. The van der Waals surface area contributed by atoms with Crippen molar-refractivity contribution in [2.24, 2.45) is 0 Å². The summed E-state index contributed by atoms with van der Waals surface area (Å²) in [6.07, 6.45) is 4.93. The largest absolute Gasteiger partial charge is 0.494 e. The number of benzene rings is 1. The Morgan fingerprint density at radius 3 is 2.05 bits per heavy atom. The predicted molar refractivity (Wildman–Crippen MR) is 92.9 cm³/mol. The van der Waals surface area contributed by atoms with E-state index >= 15 is 0 Å². The summed E-state index contributed by atoms with van der Waals surface area (Å²) in [7, 11) is 0. The van der Waals surface area contributed by atoms with Gasteiger partial charge in [0.05, 0.1) is 12.5 Å². The van der Waals surface area contributed by atoms with E-state index in [1.807, 2.05) is 36.7 Å². The lowest BCUT2D eigenvalue weighted by Crippen LogP contribution is -2.04. The molecule has 0 unspecified atom stereocenters. The summed E-state index contributed by atoms with van der Waals surface area (Å²) in [6, 6.07) is 16.7. The number of aromatic amines is 2. The number of hydrogen-bond acceptors (Lipinski definition) is 1. The molecule has 0 radical (unpaired) electrons. The Bertz CT molecular complexity index is 625. The van der Waals surface area contributed by atoms with Crippen LogP contribution in [0.5, 0.6) is 5.75 Å². The van der Waals surface area contributed by atoms with E-state index in [0.29, 0.717) is 0 Å². The molecular formula is C18H19BrN2O. The third-order valence-electron chi connectivity index (χ3n) is 3.63. The van der Waals surface area contributed by atoms with Crippen molar-refractivity contribution < 1.29 is 4.74 Å². The smallest absolute Gasteiger partial charge is 0.119 e. The van der Waals surface area contributed by atoms with Gasteiger partial charge in [0, 0.05) is 29.1 Å². The quantitative estimate of drug-likeness (QED) is 0.466. The highest BCUT2D eigenvalue weighted by Crippen LogP contribution is 2.30. The first kappa shape index (κ1) is 15.0. The van der Waals surface area contributed by atoms with Crippen molar-refractivity contribution in [2.75, 3.05) is 11.9 Å². The van der Waals surface area contributed by atoms with Crippen LogP contribution >= 0.6 is 15.9 Å². The Morgan fingerprint density at radius 2 is 1.55 bits per heavy atom. The van der Waals surface area contributed by atoms with Crippen molar-refractivity contribution >= 4 is 15.9 Å². The molecule has 1 aromatic carbocycles. The average Bonchev–Trinajstić information content (AvgIpc) is 3.24. The van der Waals surface area contributed by atoms with Crippen LogP contribution in [0.25, 0.3) is 0 Å². The van der Waals surface area contributed by atoms with Gasteiger partial charge in [0.25, 0.3) is 0 Å². The third-order valence-corrected chi connectivity index (χ3v) is 4.19. The van der Waals surface area contributed by atoms with E-state index in [9.17, 15) is 0 Å². The van der Waals surface area contributed by atoms with Crippen molar-refractivity contribution in [2.45, 2.75) is 12.3 Å². The number of nitrogens with one attached hydrogen (secondary N) is 2. The lowest BCUT2D eigenvalue weighted by Gasteiger charge is -2.16. The van der Waals surface area contributed by atoms with Gasteiger partial charge in [-0.3, -0.25) is 0 Å². The average molecular weight is 359 g/mol. The van der Waals surface area contributed by atoms with Gasteiger partial charge in [0.2, 0.25) is 0 Å². The first-order valence-electron chi connectivity index (χ1n) is 7.44. The zero-order valence-electron chi connectivity index (χ0n) is 12.3. The minimum Gasteiger partial charge on any atom is -0.494 e. The zero-order chi connectivity index (χ0) is 15.2.